The number of para-hydroxylation sites is 1. The fourth-order valence-corrected chi connectivity index (χ4v) is 1.56. The molecule has 3 nitrogen and oxygen atoms in total. The van der Waals surface area contributed by atoms with Gasteiger partial charge in [-0.25, -0.2) is 0 Å². The maximum Gasteiger partial charge on any atom is 0.143 e. The van der Waals surface area contributed by atoms with Crippen LogP contribution in [0.25, 0.3) is 10.9 Å². The molecule has 2 rings (SSSR count). The largest absolute Gasteiger partial charge is 0.490 e. The molecule has 2 aromatic rings. The molecule has 0 unspecified atom stereocenters. The van der Waals surface area contributed by atoms with Gasteiger partial charge in [0.05, 0.1) is 5.52 Å². The first-order valence-corrected chi connectivity index (χ1v) is 4.72. The second-order valence-corrected chi connectivity index (χ2v) is 3.29. The Labute approximate surface area is 82.9 Å². The monoisotopic (exact) mass is 190 g/mol. The normalized spacial score (nSPS) is 10.7. The SMILES string of the molecule is Cc1c[nH]c2c(OCCN)cccc12. The Morgan fingerprint density at radius 1 is 1.43 bits per heavy atom. The number of nitrogens with two attached hydrogens (primary N) is 1. The molecule has 0 aliphatic rings. The minimum Gasteiger partial charge on any atom is -0.490 e. The number of hydrogen-bond acceptors (Lipinski definition) is 2. The molecule has 0 saturated heterocycles. The van der Waals surface area contributed by atoms with Crippen LogP contribution in [0.1, 0.15) is 5.56 Å². The van der Waals surface area contributed by atoms with E-state index in [9.17, 15) is 0 Å². The fourth-order valence-electron chi connectivity index (χ4n) is 1.56. The van der Waals surface area contributed by atoms with Crippen molar-refractivity contribution in [1.82, 2.24) is 4.98 Å². The molecule has 0 amide bonds. The van der Waals surface area contributed by atoms with Gasteiger partial charge in [-0.3, -0.25) is 0 Å². The Morgan fingerprint density at radius 2 is 2.29 bits per heavy atom. The lowest BCUT2D eigenvalue weighted by Gasteiger charge is -2.05. The average Bonchev–Trinajstić information content (AvgIpc) is 2.58. The van der Waals surface area contributed by atoms with E-state index in [0.717, 1.165) is 11.3 Å². The summed E-state index contributed by atoms with van der Waals surface area (Å²) in [5.41, 5.74) is 7.68. The van der Waals surface area contributed by atoms with E-state index < -0.39 is 0 Å². The van der Waals surface area contributed by atoms with Crippen LogP contribution >= 0.6 is 0 Å². The highest BCUT2D eigenvalue weighted by Gasteiger charge is 2.04. The van der Waals surface area contributed by atoms with Gasteiger partial charge in [0.15, 0.2) is 0 Å². The fraction of sp³-hybridized carbons (Fsp3) is 0.273. The molecule has 3 N–H and O–H groups in total. The number of hydrogen-bond donors (Lipinski definition) is 2. The Balaban J connectivity index is 2.44. The van der Waals surface area contributed by atoms with Gasteiger partial charge in [-0.1, -0.05) is 12.1 Å². The van der Waals surface area contributed by atoms with Gasteiger partial charge in [0.1, 0.15) is 12.4 Å². The summed E-state index contributed by atoms with van der Waals surface area (Å²) >= 11 is 0. The summed E-state index contributed by atoms with van der Waals surface area (Å²) in [4.78, 5) is 3.20. The Hall–Kier alpha value is -1.48. The van der Waals surface area contributed by atoms with E-state index in [4.69, 9.17) is 10.5 Å². The number of aryl methyl sites for hydroxylation is 1. The van der Waals surface area contributed by atoms with Crippen LogP contribution in [0.15, 0.2) is 24.4 Å². The lowest BCUT2D eigenvalue weighted by molar-refractivity contribution is 0.331. The second kappa shape index (κ2) is 3.72. The van der Waals surface area contributed by atoms with Crippen molar-refractivity contribution in [3.8, 4) is 5.75 Å². The number of aromatic amines is 1. The van der Waals surface area contributed by atoms with E-state index in [-0.39, 0.29) is 0 Å². The van der Waals surface area contributed by atoms with E-state index in [1.165, 1.54) is 10.9 Å². The third-order valence-corrected chi connectivity index (χ3v) is 2.26. The summed E-state index contributed by atoms with van der Waals surface area (Å²) in [5.74, 6) is 0.876. The molecule has 14 heavy (non-hydrogen) atoms. The van der Waals surface area contributed by atoms with Gasteiger partial charge in [-0.2, -0.15) is 0 Å². The third kappa shape index (κ3) is 1.46. The maximum absolute atomic E-state index is 5.53. The molecule has 0 aliphatic heterocycles. The van der Waals surface area contributed by atoms with Crippen LogP contribution in [-0.2, 0) is 0 Å². The summed E-state index contributed by atoms with van der Waals surface area (Å²) in [5, 5.41) is 1.21. The molecule has 0 radical (unpaired) electrons. The van der Waals surface area contributed by atoms with Gasteiger partial charge in [0.2, 0.25) is 0 Å². The zero-order valence-electron chi connectivity index (χ0n) is 8.21. The number of benzene rings is 1. The third-order valence-electron chi connectivity index (χ3n) is 2.26. The number of fused-ring (bicyclic) bond motifs is 1. The first-order chi connectivity index (χ1) is 6.83. The van der Waals surface area contributed by atoms with Crippen LogP contribution in [0.4, 0.5) is 0 Å². The van der Waals surface area contributed by atoms with Crippen LogP contribution in [0.2, 0.25) is 0 Å². The van der Waals surface area contributed by atoms with E-state index in [0.29, 0.717) is 13.2 Å². The van der Waals surface area contributed by atoms with Gasteiger partial charge in [0, 0.05) is 18.1 Å². The molecule has 0 spiro atoms. The Kier molecular flexibility index (Phi) is 2.41. The molecular weight excluding hydrogens is 176 g/mol. The average molecular weight is 190 g/mol. The number of rotatable bonds is 3. The second-order valence-electron chi connectivity index (χ2n) is 3.29. The summed E-state index contributed by atoms with van der Waals surface area (Å²) in [6, 6.07) is 6.03. The van der Waals surface area contributed by atoms with Crippen LogP contribution in [0, 0.1) is 6.92 Å². The molecule has 1 heterocycles. The smallest absolute Gasteiger partial charge is 0.143 e. The van der Waals surface area contributed by atoms with Gasteiger partial charge in [-0.05, 0) is 18.6 Å². The van der Waals surface area contributed by atoms with E-state index in [1.54, 1.807) is 0 Å². The highest BCUT2D eigenvalue weighted by molar-refractivity contribution is 5.88. The lowest BCUT2D eigenvalue weighted by Crippen LogP contribution is -2.10. The van der Waals surface area contributed by atoms with Gasteiger partial charge >= 0.3 is 0 Å². The molecule has 0 aliphatic carbocycles. The predicted octanol–water partition coefficient (Wildman–Crippen LogP) is 1.81. The summed E-state index contributed by atoms with van der Waals surface area (Å²) in [7, 11) is 0. The van der Waals surface area contributed by atoms with Crippen LogP contribution in [0.5, 0.6) is 5.75 Å². The standard InChI is InChI=1S/C11H14N2O/c1-8-7-13-11-9(8)3-2-4-10(11)14-6-5-12/h2-4,7,13H,5-6,12H2,1H3. The molecule has 3 heteroatoms. The van der Waals surface area contributed by atoms with Crippen molar-refractivity contribution < 1.29 is 4.74 Å². The molecule has 74 valence electrons. The number of ether oxygens (including phenoxy) is 1. The number of aromatic nitrogens is 1. The number of nitrogens with one attached hydrogen (secondary N) is 1. The van der Waals surface area contributed by atoms with E-state index >= 15 is 0 Å². The Morgan fingerprint density at radius 3 is 3.07 bits per heavy atom. The highest BCUT2D eigenvalue weighted by Crippen LogP contribution is 2.26. The molecule has 0 atom stereocenters. The maximum atomic E-state index is 5.53. The molecular formula is C11H14N2O. The van der Waals surface area contributed by atoms with Crippen molar-refractivity contribution in [1.29, 1.82) is 0 Å². The van der Waals surface area contributed by atoms with Gasteiger partial charge in [0.25, 0.3) is 0 Å². The van der Waals surface area contributed by atoms with Crippen LogP contribution < -0.4 is 10.5 Å². The summed E-state index contributed by atoms with van der Waals surface area (Å²) < 4.78 is 5.53. The topological polar surface area (TPSA) is 51.0 Å². The van der Waals surface area contributed by atoms with Gasteiger partial charge < -0.3 is 15.5 Å². The van der Waals surface area contributed by atoms with Crippen molar-refractivity contribution in [2.45, 2.75) is 6.92 Å². The molecule has 1 aromatic heterocycles. The lowest BCUT2D eigenvalue weighted by atomic mass is 10.2. The molecule has 1 aromatic carbocycles. The highest BCUT2D eigenvalue weighted by atomic mass is 16.5. The van der Waals surface area contributed by atoms with Crippen molar-refractivity contribution in [2.75, 3.05) is 13.2 Å². The summed E-state index contributed by atoms with van der Waals surface area (Å²) in [6.07, 6.45) is 1.99. The quantitative estimate of drug-likeness (QED) is 0.775. The molecule has 0 fully saturated rings. The molecule has 0 bridgehead atoms. The van der Waals surface area contributed by atoms with Crippen molar-refractivity contribution in [2.24, 2.45) is 5.73 Å². The van der Waals surface area contributed by atoms with E-state index in [2.05, 4.69) is 18.0 Å². The van der Waals surface area contributed by atoms with Crippen LogP contribution in [0.3, 0.4) is 0 Å². The zero-order chi connectivity index (χ0) is 9.97. The minimum absolute atomic E-state index is 0.538. The van der Waals surface area contributed by atoms with Crippen molar-refractivity contribution >= 4 is 10.9 Å². The first kappa shape index (κ1) is 9.09. The van der Waals surface area contributed by atoms with Crippen LogP contribution in [-0.4, -0.2) is 18.1 Å². The Bertz CT molecular complexity index is 434. The minimum atomic E-state index is 0.538. The van der Waals surface area contributed by atoms with Gasteiger partial charge in [-0.15, -0.1) is 0 Å². The van der Waals surface area contributed by atoms with Crippen molar-refractivity contribution in [3.63, 3.8) is 0 Å². The van der Waals surface area contributed by atoms with Crippen molar-refractivity contribution in [3.05, 3.63) is 30.0 Å². The summed E-state index contributed by atoms with van der Waals surface area (Å²) in [6.45, 7) is 3.17. The predicted molar refractivity (Wildman–Crippen MR) is 57.6 cm³/mol. The first-order valence-electron chi connectivity index (χ1n) is 4.72. The number of H-pyrrole nitrogens is 1. The zero-order valence-corrected chi connectivity index (χ0v) is 8.21. The molecule has 0 saturated carbocycles. The van der Waals surface area contributed by atoms with E-state index in [1.807, 2.05) is 18.3 Å².